The Bertz CT molecular complexity index is 634. The quantitative estimate of drug-likeness (QED) is 0.879. The monoisotopic (exact) mass is 309 g/mol. The SMILES string of the molecule is COc1ccc(C)cc1C(O)CNc1cccc(Cl)c1F. The zero-order valence-corrected chi connectivity index (χ0v) is 12.6. The van der Waals surface area contributed by atoms with Gasteiger partial charge in [0.05, 0.1) is 23.9 Å². The van der Waals surface area contributed by atoms with Crippen molar-refractivity contribution < 1.29 is 14.2 Å². The van der Waals surface area contributed by atoms with E-state index in [-0.39, 0.29) is 17.3 Å². The summed E-state index contributed by atoms with van der Waals surface area (Å²) in [4.78, 5) is 0. The molecule has 21 heavy (non-hydrogen) atoms. The van der Waals surface area contributed by atoms with Crippen molar-refractivity contribution in [1.82, 2.24) is 0 Å². The van der Waals surface area contributed by atoms with Crippen molar-refractivity contribution in [2.24, 2.45) is 0 Å². The Morgan fingerprint density at radius 3 is 2.81 bits per heavy atom. The Morgan fingerprint density at radius 1 is 1.33 bits per heavy atom. The lowest BCUT2D eigenvalue weighted by atomic mass is 10.0. The largest absolute Gasteiger partial charge is 0.496 e. The fourth-order valence-corrected chi connectivity index (χ4v) is 2.25. The van der Waals surface area contributed by atoms with E-state index in [9.17, 15) is 9.50 Å². The number of ether oxygens (including phenoxy) is 1. The number of hydrogen-bond donors (Lipinski definition) is 2. The summed E-state index contributed by atoms with van der Waals surface area (Å²) in [6.07, 6.45) is -0.821. The van der Waals surface area contributed by atoms with E-state index in [1.807, 2.05) is 19.1 Å². The minimum atomic E-state index is -0.821. The van der Waals surface area contributed by atoms with Crippen molar-refractivity contribution in [2.75, 3.05) is 19.0 Å². The van der Waals surface area contributed by atoms with Gasteiger partial charge in [-0.3, -0.25) is 0 Å². The van der Waals surface area contributed by atoms with Gasteiger partial charge in [0.25, 0.3) is 0 Å². The molecule has 112 valence electrons. The van der Waals surface area contributed by atoms with Crippen molar-refractivity contribution in [1.29, 1.82) is 0 Å². The van der Waals surface area contributed by atoms with Gasteiger partial charge in [-0.15, -0.1) is 0 Å². The number of halogens is 2. The number of aliphatic hydroxyl groups excluding tert-OH is 1. The van der Waals surface area contributed by atoms with Gasteiger partial charge in [0, 0.05) is 12.1 Å². The van der Waals surface area contributed by atoms with Crippen LogP contribution in [-0.2, 0) is 0 Å². The van der Waals surface area contributed by atoms with Gasteiger partial charge in [0.15, 0.2) is 5.82 Å². The van der Waals surface area contributed by atoms with Crippen LogP contribution in [0.4, 0.5) is 10.1 Å². The minimum Gasteiger partial charge on any atom is -0.496 e. The van der Waals surface area contributed by atoms with Gasteiger partial charge < -0.3 is 15.2 Å². The molecule has 1 atom stereocenters. The zero-order chi connectivity index (χ0) is 15.4. The second-order valence-corrected chi connectivity index (χ2v) is 5.15. The summed E-state index contributed by atoms with van der Waals surface area (Å²) in [6.45, 7) is 2.08. The lowest BCUT2D eigenvalue weighted by molar-refractivity contribution is 0.186. The molecule has 0 aliphatic rings. The highest BCUT2D eigenvalue weighted by molar-refractivity contribution is 6.31. The van der Waals surface area contributed by atoms with Crippen LogP contribution in [0.5, 0.6) is 5.75 Å². The second kappa shape index (κ2) is 6.78. The van der Waals surface area contributed by atoms with Crippen LogP contribution >= 0.6 is 11.6 Å². The fourth-order valence-electron chi connectivity index (χ4n) is 2.07. The van der Waals surface area contributed by atoms with Gasteiger partial charge in [-0.25, -0.2) is 4.39 Å². The van der Waals surface area contributed by atoms with Gasteiger partial charge in [-0.1, -0.05) is 29.3 Å². The van der Waals surface area contributed by atoms with Crippen LogP contribution in [0, 0.1) is 12.7 Å². The van der Waals surface area contributed by atoms with Crippen molar-refractivity contribution >= 4 is 17.3 Å². The van der Waals surface area contributed by atoms with E-state index < -0.39 is 11.9 Å². The van der Waals surface area contributed by atoms with Gasteiger partial charge >= 0.3 is 0 Å². The number of aliphatic hydroxyl groups is 1. The third-order valence-corrected chi connectivity index (χ3v) is 3.47. The molecule has 0 radical (unpaired) electrons. The molecule has 3 nitrogen and oxygen atoms in total. The van der Waals surface area contributed by atoms with E-state index in [2.05, 4.69) is 5.32 Å². The van der Waals surface area contributed by atoms with Crippen LogP contribution in [0.1, 0.15) is 17.2 Å². The average molecular weight is 310 g/mol. The molecule has 2 aromatic rings. The molecule has 1 unspecified atom stereocenters. The molecule has 2 N–H and O–H groups in total. The Hall–Kier alpha value is -1.78. The molecule has 0 saturated carbocycles. The average Bonchev–Trinajstić information content (AvgIpc) is 2.48. The van der Waals surface area contributed by atoms with Crippen LogP contribution in [0.15, 0.2) is 36.4 Å². The number of methoxy groups -OCH3 is 1. The molecule has 2 rings (SSSR count). The third kappa shape index (κ3) is 3.65. The summed E-state index contributed by atoms with van der Waals surface area (Å²) >= 11 is 5.72. The van der Waals surface area contributed by atoms with Crippen molar-refractivity contribution in [3.8, 4) is 5.75 Å². The van der Waals surface area contributed by atoms with Crippen LogP contribution < -0.4 is 10.1 Å². The standard InChI is InChI=1S/C16H17ClFNO2/c1-10-6-7-15(21-2)11(8-10)14(20)9-19-13-5-3-4-12(17)16(13)18/h3-8,14,19-20H,9H2,1-2H3. The first-order valence-corrected chi connectivity index (χ1v) is 6.91. The van der Waals surface area contributed by atoms with E-state index in [1.54, 1.807) is 25.3 Å². The van der Waals surface area contributed by atoms with E-state index in [1.165, 1.54) is 6.07 Å². The predicted octanol–water partition coefficient (Wildman–Crippen LogP) is 3.94. The molecule has 5 heteroatoms. The molecule has 0 aliphatic heterocycles. The number of hydrogen-bond acceptors (Lipinski definition) is 3. The molecule has 0 heterocycles. The van der Waals surface area contributed by atoms with E-state index in [4.69, 9.17) is 16.3 Å². The molecule has 0 fully saturated rings. The van der Waals surface area contributed by atoms with Gasteiger partial charge in [0.1, 0.15) is 5.75 Å². The number of aryl methyl sites for hydroxylation is 1. The smallest absolute Gasteiger partial charge is 0.164 e. The second-order valence-electron chi connectivity index (χ2n) is 4.74. The fraction of sp³-hybridized carbons (Fsp3) is 0.250. The highest BCUT2D eigenvalue weighted by Crippen LogP contribution is 2.27. The maximum atomic E-state index is 13.8. The Balaban J connectivity index is 2.13. The summed E-state index contributed by atoms with van der Waals surface area (Å²) in [5, 5.41) is 13.2. The number of nitrogens with one attached hydrogen (secondary N) is 1. The Labute approximate surface area is 128 Å². The Morgan fingerprint density at radius 2 is 2.10 bits per heavy atom. The summed E-state index contributed by atoms with van der Waals surface area (Å²) in [6, 6.07) is 10.2. The van der Waals surface area contributed by atoms with Gasteiger partial charge in [-0.2, -0.15) is 0 Å². The van der Waals surface area contributed by atoms with Crippen molar-refractivity contribution in [3.63, 3.8) is 0 Å². The summed E-state index contributed by atoms with van der Waals surface area (Å²) < 4.78 is 19.0. The van der Waals surface area contributed by atoms with Crippen LogP contribution in [0.2, 0.25) is 5.02 Å². The number of rotatable bonds is 5. The lowest BCUT2D eigenvalue weighted by Gasteiger charge is -2.17. The summed E-state index contributed by atoms with van der Waals surface area (Å²) in [5.41, 5.74) is 1.93. The number of anilines is 1. The van der Waals surface area contributed by atoms with Crippen molar-refractivity contribution in [2.45, 2.75) is 13.0 Å². The normalized spacial score (nSPS) is 12.0. The molecular formula is C16H17ClFNO2. The first-order valence-electron chi connectivity index (χ1n) is 6.53. The molecule has 0 aliphatic carbocycles. The maximum absolute atomic E-state index is 13.8. The van der Waals surface area contributed by atoms with E-state index in [0.29, 0.717) is 11.3 Å². The molecule has 0 aromatic heterocycles. The molecule has 0 bridgehead atoms. The topological polar surface area (TPSA) is 41.5 Å². The molecule has 0 spiro atoms. The highest BCUT2D eigenvalue weighted by atomic mass is 35.5. The van der Waals surface area contributed by atoms with Crippen LogP contribution in [0.25, 0.3) is 0 Å². The van der Waals surface area contributed by atoms with E-state index in [0.717, 1.165) is 5.56 Å². The van der Waals surface area contributed by atoms with Crippen LogP contribution in [0.3, 0.4) is 0 Å². The van der Waals surface area contributed by atoms with E-state index >= 15 is 0 Å². The zero-order valence-electron chi connectivity index (χ0n) is 11.9. The predicted molar refractivity (Wildman–Crippen MR) is 82.6 cm³/mol. The lowest BCUT2D eigenvalue weighted by Crippen LogP contribution is -2.14. The van der Waals surface area contributed by atoms with Crippen molar-refractivity contribution in [3.05, 3.63) is 58.4 Å². The Kier molecular flexibility index (Phi) is 5.04. The van der Waals surface area contributed by atoms with Gasteiger partial charge in [-0.05, 0) is 31.2 Å². The van der Waals surface area contributed by atoms with Gasteiger partial charge in [0.2, 0.25) is 0 Å². The maximum Gasteiger partial charge on any atom is 0.164 e. The summed E-state index contributed by atoms with van der Waals surface area (Å²) in [5.74, 6) is 0.0732. The molecule has 0 saturated heterocycles. The first kappa shape index (κ1) is 15.6. The molecule has 0 amide bonds. The molecular weight excluding hydrogens is 293 g/mol. The van der Waals surface area contributed by atoms with Crippen LogP contribution in [-0.4, -0.2) is 18.8 Å². The minimum absolute atomic E-state index is 0.0441. The third-order valence-electron chi connectivity index (χ3n) is 3.18. The summed E-state index contributed by atoms with van der Waals surface area (Å²) in [7, 11) is 1.55. The molecule has 2 aromatic carbocycles. The highest BCUT2D eigenvalue weighted by Gasteiger charge is 2.14. The first-order chi connectivity index (χ1) is 10.0. The number of benzene rings is 2.